The molecule has 4 heterocycles. The van der Waals surface area contributed by atoms with Crippen LogP contribution < -0.4 is 10.1 Å². The first kappa shape index (κ1) is 23.0. The van der Waals surface area contributed by atoms with Gasteiger partial charge in [-0.2, -0.15) is 5.10 Å². The van der Waals surface area contributed by atoms with Crippen LogP contribution in [0.25, 0.3) is 33.3 Å². The number of H-pyrrole nitrogens is 1. The minimum absolute atomic E-state index is 0.230. The van der Waals surface area contributed by atoms with Crippen molar-refractivity contribution in [1.82, 2.24) is 25.1 Å². The fourth-order valence-corrected chi connectivity index (χ4v) is 4.01. The second-order valence-electron chi connectivity index (χ2n) is 8.40. The zero-order valence-corrected chi connectivity index (χ0v) is 19.8. The van der Waals surface area contributed by atoms with Crippen LogP contribution >= 0.6 is 0 Å². The molecular formula is C29H19FN6O2. The first-order valence-corrected chi connectivity index (χ1v) is 11.7. The summed E-state index contributed by atoms with van der Waals surface area (Å²) in [6.45, 7) is 0. The third-order valence-electron chi connectivity index (χ3n) is 5.87. The Morgan fingerprint density at radius 2 is 1.74 bits per heavy atom. The standard InChI is InChI=1S/C29H19FN6O2/c30-25-10-11-31-17-24(25)26-9-7-20(15-33-26)34-29(37)28-23-13-18(6-8-27(23)35-36-28)19-12-22(16-32-14-19)38-21-4-2-1-3-5-21/h1-17H,(H,34,37)(H,35,36). The average molecular weight is 503 g/mol. The van der Waals surface area contributed by atoms with E-state index >= 15 is 0 Å². The largest absolute Gasteiger partial charge is 0.456 e. The molecule has 0 unspecified atom stereocenters. The van der Waals surface area contributed by atoms with Crippen LogP contribution in [-0.2, 0) is 0 Å². The molecule has 0 aliphatic heterocycles. The minimum atomic E-state index is -0.421. The lowest BCUT2D eigenvalue weighted by Crippen LogP contribution is -2.13. The monoisotopic (exact) mass is 502 g/mol. The van der Waals surface area contributed by atoms with Gasteiger partial charge in [-0.15, -0.1) is 0 Å². The Labute approximate surface area is 216 Å². The van der Waals surface area contributed by atoms with E-state index in [0.29, 0.717) is 33.8 Å². The topological polar surface area (TPSA) is 106 Å². The van der Waals surface area contributed by atoms with Crippen molar-refractivity contribution in [3.63, 3.8) is 0 Å². The van der Waals surface area contributed by atoms with Gasteiger partial charge in [-0.05, 0) is 54.1 Å². The molecule has 6 rings (SSSR count). The average Bonchev–Trinajstić information content (AvgIpc) is 3.38. The lowest BCUT2D eigenvalue weighted by Gasteiger charge is -2.08. The molecule has 6 aromatic rings. The number of nitrogens with one attached hydrogen (secondary N) is 2. The lowest BCUT2D eigenvalue weighted by molar-refractivity contribution is 0.102. The molecule has 2 aromatic carbocycles. The van der Waals surface area contributed by atoms with E-state index in [0.717, 1.165) is 11.1 Å². The van der Waals surface area contributed by atoms with Gasteiger partial charge in [-0.1, -0.05) is 24.3 Å². The van der Waals surface area contributed by atoms with Crippen LogP contribution in [0.15, 0.2) is 104 Å². The van der Waals surface area contributed by atoms with Crippen molar-refractivity contribution in [2.24, 2.45) is 0 Å². The number of anilines is 1. The highest BCUT2D eigenvalue weighted by atomic mass is 19.1. The van der Waals surface area contributed by atoms with Crippen LogP contribution in [0.3, 0.4) is 0 Å². The van der Waals surface area contributed by atoms with Gasteiger partial charge in [-0.25, -0.2) is 4.39 Å². The molecule has 2 N–H and O–H groups in total. The number of hydrogen-bond donors (Lipinski definition) is 2. The van der Waals surface area contributed by atoms with E-state index in [2.05, 4.69) is 30.5 Å². The smallest absolute Gasteiger partial charge is 0.276 e. The molecule has 0 saturated heterocycles. The summed E-state index contributed by atoms with van der Waals surface area (Å²) in [5, 5.41) is 10.6. The van der Waals surface area contributed by atoms with E-state index < -0.39 is 11.7 Å². The number of carbonyl (C=O) groups excluding carboxylic acids is 1. The van der Waals surface area contributed by atoms with Crippen LogP contribution in [0.1, 0.15) is 10.5 Å². The summed E-state index contributed by atoms with van der Waals surface area (Å²) in [5.41, 5.74) is 3.77. The summed E-state index contributed by atoms with van der Waals surface area (Å²) >= 11 is 0. The summed E-state index contributed by atoms with van der Waals surface area (Å²) < 4.78 is 19.9. The number of hydrogen-bond acceptors (Lipinski definition) is 6. The molecule has 0 saturated carbocycles. The van der Waals surface area contributed by atoms with Crippen LogP contribution in [0.4, 0.5) is 10.1 Å². The SMILES string of the molecule is O=C(Nc1ccc(-c2cnccc2F)nc1)c1n[nH]c2ccc(-c3cncc(Oc4ccccc4)c3)cc12. The van der Waals surface area contributed by atoms with Gasteiger partial charge >= 0.3 is 0 Å². The van der Waals surface area contributed by atoms with Crippen LogP contribution in [0.5, 0.6) is 11.5 Å². The highest BCUT2D eigenvalue weighted by Gasteiger charge is 2.16. The Morgan fingerprint density at radius 3 is 2.55 bits per heavy atom. The molecule has 38 heavy (non-hydrogen) atoms. The molecule has 0 fully saturated rings. The number of benzene rings is 2. The highest BCUT2D eigenvalue weighted by Crippen LogP contribution is 2.29. The molecule has 9 heteroatoms. The van der Waals surface area contributed by atoms with E-state index in [1.165, 1.54) is 24.7 Å². The van der Waals surface area contributed by atoms with Gasteiger partial charge in [0, 0.05) is 29.5 Å². The Balaban J connectivity index is 1.24. The van der Waals surface area contributed by atoms with E-state index in [4.69, 9.17) is 4.74 Å². The maximum Gasteiger partial charge on any atom is 0.276 e. The van der Waals surface area contributed by atoms with Gasteiger partial charge in [0.2, 0.25) is 0 Å². The summed E-state index contributed by atoms with van der Waals surface area (Å²) in [5.74, 6) is 0.482. The fraction of sp³-hybridized carbons (Fsp3) is 0. The predicted octanol–water partition coefficient (Wildman–Crippen LogP) is 6.27. The molecule has 0 radical (unpaired) electrons. The molecule has 0 atom stereocenters. The maximum absolute atomic E-state index is 14.0. The Morgan fingerprint density at radius 1 is 0.842 bits per heavy atom. The van der Waals surface area contributed by atoms with Crippen molar-refractivity contribution in [3.8, 4) is 33.9 Å². The quantitative estimate of drug-likeness (QED) is 0.278. The molecular weight excluding hydrogens is 483 g/mol. The van der Waals surface area contributed by atoms with Crippen LogP contribution in [0, 0.1) is 5.82 Å². The van der Waals surface area contributed by atoms with E-state index in [-0.39, 0.29) is 11.3 Å². The summed E-state index contributed by atoms with van der Waals surface area (Å²) in [6, 6.07) is 21.5. The normalized spacial score (nSPS) is 10.9. The van der Waals surface area contributed by atoms with E-state index in [1.54, 1.807) is 24.5 Å². The van der Waals surface area contributed by atoms with Gasteiger partial charge in [0.05, 0.1) is 34.9 Å². The second-order valence-corrected chi connectivity index (χ2v) is 8.40. The molecule has 4 aromatic heterocycles. The highest BCUT2D eigenvalue weighted by molar-refractivity contribution is 6.11. The first-order valence-electron chi connectivity index (χ1n) is 11.7. The molecule has 0 aliphatic rings. The van der Waals surface area contributed by atoms with Crippen LogP contribution in [-0.4, -0.2) is 31.1 Å². The van der Waals surface area contributed by atoms with Gasteiger partial charge in [0.25, 0.3) is 5.91 Å². The van der Waals surface area contributed by atoms with Gasteiger partial charge in [-0.3, -0.25) is 24.8 Å². The Hall–Kier alpha value is -5.44. The second kappa shape index (κ2) is 9.90. The Bertz CT molecular complexity index is 1750. The number of aromatic nitrogens is 5. The fourth-order valence-electron chi connectivity index (χ4n) is 4.01. The maximum atomic E-state index is 14.0. The van der Waals surface area contributed by atoms with Gasteiger partial charge in [0.1, 0.15) is 17.3 Å². The molecule has 184 valence electrons. The lowest BCUT2D eigenvalue weighted by atomic mass is 10.0. The number of rotatable bonds is 6. The molecule has 0 aliphatic carbocycles. The molecule has 8 nitrogen and oxygen atoms in total. The molecule has 0 bridgehead atoms. The molecule has 1 amide bonds. The molecule has 0 spiro atoms. The number of aromatic amines is 1. The first-order chi connectivity index (χ1) is 18.6. The van der Waals surface area contributed by atoms with E-state index in [1.807, 2.05) is 54.6 Å². The number of carbonyl (C=O) groups is 1. The van der Waals surface area contributed by atoms with Crippen molar-refractivity contribution < 1.29 is 13.9 Å². The zero-order chi connectivity index (χ0) is 25.9. The van der Waals surface area contributed by atoms with Crippen molar-refractivity contribution in [2.75, 3.05) is 5.32 Å². The van der Waals surface area contributed by atoms with Crippen molar-refractivity contribution in [1.29, 1.82) is 0 Å². The minimum Gasteiger partial charge on any atom is -0.456 e. The number of fused-ring (bicyclic) bond motifs is 1. The Kier molecular flexibility index (Phi) is 5.99. The van der Waals surface area contributed by atoms with E-state index in [9.17, 15) is 9.18 Å². The number of halogens is 1. The van der Waals surface area contributed by atoms with Crippen molar-refractivity contribution in [2.45, 2.75) is 0 Å². The van der Waals surface area contributed by atoms with Gasteiger partial charge in [0.15, 0.2) is 5.69 Å². The summed E-state index contributed by atoms with van der Waals surface area (Å²) in [7, 11) is 0. The third kappa shape index (κ3) is 4.68. The zero-order valence-electron chi connectivity index (χ0n) is 19.8. The third-order valence-corrected chi connectivity index (χ3v) is 5.87. The number of nitrogens with zero attached hydrogens (tertiary/aromatic N) is 4. The predicted molar refractivity (Wildman–Crippen MR) is 141 cm³/mol. The summed E-state index contributed by atoms with van der Waals surface area (Å²) in [4.78, 5) is 25.6. The number of para-hydroxylation sites is 1. The van der Waals surface area contributed by atoms with Gasteiger partial charge < -0.3 is 10.1 Å². The number of pyridine rings is 3. The number of ether oxygens (including phenoxy) is 1. The van der Waals surface area contributed by atoms with Crippen LogP contribution in [0.2, 0.25) is 0 Å². The summed E-state index contributed by atoms with van der Waals surface area (Å²) in [6.07, 6.45) is 7.62. The number of amides is 1. The van der Waals surface area contributed by atoms with Crippen molar-refractivity contribution >= 4 is 22.5 Å². The van der Waals surface area contributed by atoms with Crippen molar-refractivity contribution in [3.05, 3.63) is 115 Å².